The van der Waals surface area contributed by atoms with Gasteiger partial charge in [0.25, 0.3) is 12.3 Å². The summed E-state index contributed by atoms with van der Waals surface area (Å²) in [5, 5.41) is 28.8. The van der Waals surface area contributed by atoms with Gasteiger partial charge in [-0.2, -0.15) is 5.10 Å². The number of alkyl halides is 2. The summed E-state index contributed by atoms with van der Waals surface area (Å²) in [5.74, 6) is -1.87. The van der Waals surface area contributed by atoms with Crippen LogP contribution in [0.4, 0.5) is 19.3 Å². The summed E-state index contributed by atoms with van der Waals surface area (Å²) in [6.45, 7) is 2.83. The number of carboxylic acid groups (broad SMARTS) is 1. The molecule has 1 saturated carbocycles. The molecule has 1 unspecified atom stereocenters. The summed E-state index contributed by atoms with van der Waals surface area (Å²) in [5.41, 5.74) is 4.79. The number of H-pyrrole nitrogens is 1. The zero-order valence-corrected chi connectivity index (χ0v) is 30.7. The number of nitrogens with one attached hydrogen (secondary N) is 6. The third-order valence-electron chi connectivity index (χ3n) is 10.3. The molecule has 0 bridgehead atoms. The lowest BCUT2D eigenvalue weighted by atomic mass is 9.81. The molecule has 14 nitrogen and oxygen atoms in total. The number of rotatable bonds is 13. The Morgan fingerprint density at radius 2 is 1.64 bits per heavy atom. The predicted molar refractivity (Wildman–Crippen MR) is 203 cm³/mol. The Kier molecular flexibility index (Phi) is 12.7. The number of aromatic nitrogens is 3. The monoisotopic (exact) mass is 770 g/mol. The van der Waals surface area contributed by atoms with E-state index in [9.17, 15) is 32.8 Å². The van der Waals surface area contributed by atoms with Gasteiger partial charge in [-0.15, -0.1) is 0 Å². The van der Waals surface area contributed by atoms with Gasteiger partial charge in [-0.1, -0.05) is 30.3 Å². The summed E-state index contributed by atoms with van der Waals surface area (Å²) in [6, 6.07) is 17.8. The van der Waals surface area contributed by atoms with Crippen molar-refractivity contribution in [3.05, 3.63) is 89.2 Å². The number of benzene rings is 3. The number of carbonyl (C=O) groups is 5. The van der Waals surface area contributed by atoms with Gasteiger partial charge < -0.3 is 31.7 Å². The second-order valence-electron chi connectivity index (χ2n) is 14.3. The maximum atomic E-state index is 13.8. The molecule has 2 fully saturated rings. The highest BCUT2D eigenvalue weighted by Gasteiger charge is 2.30. The largest absolute Gasteiger partial charge is 0.465 e. The fraction of sp³-hybridized carbons (Fsp3) is 0.375. The van der Waals surface area contributed by atoms with Crippen LogP contribution in [0.25, 0.3) is 22.5 Å². The van der Waals surface area contributed by atoms with E-state index in [0.29, 0.717) is 62.0 Å². The van der Waals surface area contributed by atoms with Gasteiger partial charge in [0.15, 0.2) is 5.82 Å². The Morgan fingerprint density at radius 1 is 0.929 bits per heavy atom. The highest BCUT2D eigenvalue weighted by molar-refractivity contribution is 5.99. The van der Waals surface area contributed by atoms with E-state index in [1.165, 1.54) is 0 Å². The summed E-state index contributed by atoms with van der Waals surface area (Å²) < 4.78 is 25.9. The molecule has 1 aromatic heterocycles. The standard InChI is InChI=1S/C40H44F2N8O6/c1-22-19-28(37(52)46-31-3-2-18-43-38(31)53)14-17-30(22)25-8-4-23(5-9-25)20-32(47-36(51)27-10-6-24(7-11-27)21-44-40(55)56)39(54)45-29-15-12-26(13-16-29)34-48-35(33(41)42)50-49-34/h4-5,8-9,12-17,19,24,27,31-33,44H,2-3,6-7,10-11,18,20-21H2,1H3,(H,43,53)(H,45,54)(H,46,52)(H,47,51)(H,55,56)(H,48,49,50)/t24-,27-,31?,32-/m0/s1. The molecule has 0 radical (unpaired) electrons. The van der Waals surface area contributed by atoms with E-state index in [-0.39, 0.29) is 41.8 Å². The molecule has 1 saturated heterocycles. The van der Waals surface area contributed by atoms with Crippen LogP contribution in [0.2, 0.25) is 0 Å². The molecular formula is C40H44F2N8O6. The van der Waals surface area contributed by atoms with Crippen LogP contribution < -0.4 is 26.6 Å². The van der Waals surface area contributed by atoms with E-state index in [1.807, 2.05) is 37.3 Å². The Balaban J connectivity index is 1.13. The number of hydrogen-bond donors (Lipinski definition) is 7. The number of carbonyl (C=O) groups excluding carboxylic acids is 4. The van der Waals surface area contributed by atoms with E-state index in [2.05, 4.69) is 41.8 Å². The number of anilines is 1. The van der Waals surface area contributed by atoms with Crippen LogP contribution in [0.15, 0.2) is 66.7 Å². The van der Waals surface area contributed by atoms with E-state index >= 15 is 0 Å². The number of nitrogens with zero attached hydrogens (tertiary/aromatic N) is 2. The highest BCUT2D eigenvalue weighted by Crippen LogP contribution is 2.30. The third kappa shape index (κ3) is 10.1. The van der Waals surface area contributed by atoms with Crippen molar-refractivity contribution in [3.8, 4) is 22.5 Å². The van der Waals surface area contributed by atoms with Crippen molar-refractivity contribution >= 4 is 35.4 Å². The number of aryl methyl sites for hydroxylation is 1. The van der Waals surface area contributed by atoms with Crippen LogP contribution in [0.3, 0.4) is 0 Å². The molecule has 2 atom stereocenters. The van der Waals surface area contributed by atoms with Crippen molar-refractivity contribution in [1.29, 1.82) is 0 Å². The van der Waals surface area contributed by atoms with Gasteiger partial charge in [0.05, 0.1) is 0 Å². The number of halogens is 2. The number of piperidine rings is 1. The predicted octanol–water partition coefficient (Wildman–Crippen LogP) is 5.13. The minimum atomic E-state index is -2.82. The zero-order chi connectivity index (χ0) is 39.8. The fourth-order valence-corrected chi connectivity index (χ4v) is 7.14. The smallest absolute Gasteiger partial charge is 0.404 e. The van der Waals surface area contributed by atoms with Gasteiger partial charge in [-0.3, -0.25) is 24.3 Å². The summed E-state index contributed by atoms with van der Waals surface area (Å²) in [6.07, 6.45) is 0.141. The second kappa shape index (κ2) is 18.0. The Labute approximate surface area is 321 Å². The van der Waals surface area contributed by atoms with Crippen molar-refractivity contribution in [3.63, 3.8) is 0 Å². The first-order valence-electron chi connectivity index (χ1n) is 18.6. The highest BCUT2D eigenvalue weighted by atomic mass is 19.3. The molecule has 1 aliphatic carbocycles. The molecule has 2 aliphatic rings. The minimum Gasteiger partial charge on any atom is -0.465 e. The molecule has 56 heavy (non-hydrogen) atoms. The molecule has 294 valence electrons. The number of amides is 5. The van der Waals surface area contributed by atoms with Crippen molar-refractivity contribution in [1.82, 2.24) is 36.4 Å². The van der Waals surface area contributed by atoms with E-state index in [0.717, 1.165) is 28.7 Å². The number of hydrogen-bond acceptors (Lipinski definition) is 7. The molecule has 6 rings (SSSR count). The van der Waals surface area contributed by atoms with E-state index in [4.69, 9.17) is 5.11 Å². The van der Waals surface area contributed by atoms with Crippen LogP contribution in [-0.4, -0.2) is 75.2 Å². The minimum absolute atomic E-state index is 0.136. The lowest BCUT2D eigenvalue weighted by molar-refractivity contribution is -0.130. The first kappa shape index (κ1) is 39.5. The molecule has 5 amide bonds. The van der Waals surface area contributed by atoms with Gasteiger partial charge in [0, 0.05) is 42.2 Å². The van der Waals surface area contributed by atoms with E-state index < -0.39 is 36.3 Å². The van der Waals surface area contributed by atoms with Gasteiger partial charge in [-0.25, -0.2) is 18.6 Å². The summed E-state index contributed by atoms with van der Waals surface area (Å²) in [4.78, 5) is 67.1. The molecule has 1 aliphatic heterocycles. The molecular weight excluding hydrogens is 726 g/mol. The van der Waals surface area contributed by atoms with Crippen molar-refractivity contribution in [2.45, 2.75) is 70.4 Å². The fourth-order valence-electron chi connectivity index (χ4n) is 7.14. The summed E-state index contributed by atoms with van der Waals surface area (Å²) >= 11 is 0. The van der Waals surface area contributed by atoms with Crippen molar-refractivity contribution in [2.75, 3.05) is 18.4 Å². The van der Waals surface area contributed by atoms with Gasteiger partial charge in [-0.05, 0) is 110 Å². The van der Waals surface area contributed by atoms with Crippen LogP contribution in [0.5, 0.6) is 0 Å². The van der Waals surface area contributed by atoms with Crippen LogP contribution in [0.1, 0.15) is 72.3 Å². The maximum absolute atomic E-state index is 13.8. The average molecular weight is 771 g/mol. The lowest BCUT2D eigenvalue weighted by Crippen LogP contribution is -2.50. The molecule has 7 N–H and O–H groups in total. The first-order valence-corrected chi connectivity index (χ1v) is 18.6. The average Bonchev–Trinajstić information content (AvgIpc) is 3.70. The quantitative estimate of drug-likeness (QED) is 0.0968. The normalized spacial score (nSPS) is 18.7. The lowest BCUT2D eigenvalue weighted by Gasteiger charge is -2.29. The van der Waals surface area contributed by atoms with Crippen molar-refractivity contribution < 1.29 is 37.9 Å². The molecule has 2 heterocycles. The van der Waals surface area contributed by atoms with Crippen molar-refractivity contribution in [2.24, 2.45) is 11.8 Å². The Morgan fingerprint density at radius 3 is 2.29 bits per heavy atom. The summed E-state index contributed by atoms with van der Waals surface area (Å²) in [7, 11) is 0. The van der Waals surface area contributed by atoms with E-state index in [1.54, 1.807) is 36.4 Å². The zero-order valence-electron chi connectivity index (χ0n) is 30.7. The van der Waals surface area contributed by atoms with Gasteiger partial charge in [0.1, 0.15) is 12.1 Å². The van der Waals surface area contributed by atoms with Crippen LogP contribution in [0, 0.1) is 18.8 Å². The maximum Gasteiger partial charge on any atom is 0.404 e. The first-order chi connectivity index (χ1) is 26.9. The SMILES string of the molecule is Cc1cc(C(=O)NC2CCCNC2=O)ccc1-c1ccc(C[C@H](NC(=O)[C@H]2CC[C@H](CNC(=O)O)CC2)C(=O)Nc2ccc(-c3nc(C(F)F)n[nH]3)cc2)cc1. The van der Waals surface area contributed by atoms with Crippen LogP contribution in [-0.2, 0) is 20.8 Å². The van der Waals surface area contributed by atoms with Gasteiger partial charge in [0.2, 0.25) is 23.5 Å². The van der Waals surface area contributed by atoms with Gasteiger partial charge >= 0.3 is 6.09 Å². The number of aromatic amines is 1. The molecule has 4 aromatic rings. The topological polar surface area (TPSA) is 207 Å². The van der Waals surface area contributed by atoms with Crippen LogP contribution >= 0.6 is 0 Å². The Hall–Kier alpha value is -6.19. The molecule has 16 heteroatoms. The Bertz CT molecular complexity index is 2050. The molecule has 0 spiro atoms. The third-order valence-corrected chi connectivity index (χ3v) is 10.3. The molecule has 3 aromatic carbocycles. The second-order valence-corrected chi connectivity index (χ2v) is 14.3.